The number of amides is 1. The summed E-state index contributed by atoms with van der Waals surface area (Å²) in [4.78, 5) is 15.4. The van der Waals surface area contributed by atoms with Crippen molar-refractivity contribution in [2.24, 2.45) is 7.05 Å². The first kappa shape index (κ1) is 15.0. The highest BCUT2D eigenvalue weighted by atomic mass is 32.2. The molecule has 2 aromatic rings. The molecule has 1 aliphatic heterocycles. The molecule has 1 saturated carbocycles. The normalized spacial score (nSPS) is 21.3. The van der Waals surface area contributed by atoms with Gasteiger partial charge in [-0.25, -0.2) is 0 Å². The number of benzene rings is 1. The molecule has 0 radical (unpaired) electrons. The molecule has 4 rings (SSSR count). The minimum Gasteiger partial charge on any atom is -0.350 e. The highest BCUT2D eigenvalue weighted by Gasteiger charge is 2.38. The van der Waals surface area contributed by atoms with Crippen LogP contribution in [0.1, 0.15) is 31.2 Å². The summed E-state index contributed by atoms with van der Waals surface area (Å²) >= 11 is 6.91. The monoisotopic (exact) mass is 342 g/mol. The number of thiocarbonyl (C=S) groups is 1. The van der Waals surface area contributed by atoms with Gasteiger partial charge in [-0.1, -0.05) is 55.0 Å². The van der Waals surface area contributed by atoms with E-state index in [9.17, 15) is 4.79 Å². The summed E-state index contributed by atoms with van der Waals surface area (Å²) < 4.78 is 2.81. The molecule has 2 aliphatic rings. The van der Waals surface area contributed by atoms with Gasteiger partial charge in [0.15, 0.2) is 0 Å². The molecule has 0 atom stereocenters. The van der Waals surface area contributed by atoms with Gasteiger partial charge in [0, 0.05) is 35.8 Å². The van der Waals surface area contributed by atoms with Crippen LogP contribution in [-0.4, -0.2) is 25.7 Å². The standard InChI is InChI=1S/C18H18N2OS2/c1-19-11-12(14-8-4-5-9-15(14)19)10-16-17(21)20(18(22)23-16)13-6-2-3-7-13/h4-5,8-11,13H,2-3,6-7H2,1H3/b16-10-. The summed E-state index contributed by atoms with van der Waals surface area (Å²) in [5.74, 6) is 0.0832. The van der Waals surface area contributed by atoms with Gasteiger partial charge in [0.2, 0.25) is 0 Å². The van der Waals surface area contributed by atoms with Crippen LogP contribution in [0.5, 0.6) is 0 Å². The summed E-state index contributed by atoms with van der Waals surface area (Å²) in [7, 11) is 2.03. The van der Waals surface area contributed by atoms with E-state index < -0.39 is 0 Å². The Labute approximate surface area is 145 Å². The Morgan fingerprint density at radius 3 is 2.78 bits per heavy atom. The smallest absolute Gasteiger partial charge is 0.266 e. The number of carbonyl (C=O) groups excluding carboxylic acids is 1. The zero-order valence-corrected chi connectivity index (χ0v) is 14.6. The zero-order chi connectivity index (χ0) is 16.0. The fourth-order valence-corrected chi connectivity index (χ4v) is 4.98. The van der Waals surface area contributed by atoms with Crippen LogP contribution in [0.15, 0.2) is 35.4 Å². The number of nitrogens with zero attached hydrogens (tertiary/aromatic N) is 2. The number of para-hydroxylation sites is 1. The number of fused-ring (bicyclic) bond motifs is 1. The van der Waals surface area contributed by atoms with Gasteiger partial charge in [0.1, 0.15) is 4.32 Å². The molecule has 3 nitrogen and oxygen atoms in total. The number of thioether (sulfide) groups is 1. The van der Waals surface area contributed by atoms with Gasteiger partial charge in [-0.3, -0.25) is 9.69 Å². The van der Waals surface area contributed by atoms with Gasteiger partial charge >= 0.3 is 0 Å². The van der Waals surface area contributed by atoms with Crippen LogP contribution in [0.25, 0.3) is 17.0 Å². The van der Waals surface area contributed by atoms with Crippen molar-refractivity contribution in [3.8, 4) is 0 Å². The molecule has 1 aliphatic carbocycles. The molecule has 0 N–H and O–H groups in total. The maximum atomic E-state index is 12.8. The third kappa shape index (κ3) is 2.52. The van der Waals surface area contributed by atoms with E-state index in [2.05, 4.69) is 22.9 Å². The van der Waals surface area contributed by atoms with E-state index >= 15 is 0 Å². The maximum absolute atomic E-state index is 12.8. The fraction of sp³-hybridized carbons (Fsp3) is 0.333. The molecule has 1 aromatic heterocycles. The first-order valence-corrected chi connectivity index (χ1v) is 9.19. The van der Waals surface area contributed by atoms with Crippen LogP contribution in [0, 0.1) is 0 Å². The predicted octanol–water partition coefficient (Wildman–Crippen LogP) is 4.32. The quantitative estimate of drug-likeness (QED) is 0.600. The second-order valence-electron chi connectivity index (χ2n) is 6.20. The van der Waals surface area contributed by atoms with Crippen LogP contribution >= 0.6 is 24.0 Å². The van der Waals surface area contributed by atoms with E-state index in [0.29, 0.717) is 10.4 Å². The molecule has 2 heterocycles. The van der Waals surface area contributed by atoms with E-state index in [-0.39, 0.29) is 5.91 Å². The molecule has 1 saturated heterocycles. The summed E-state index contributed by atoms with van der Waals surface area (Å²) in [6, 6.07) is 8.56. The molecule has 5 heteroatoms. The summed E-state index contributed by atoms with van der Waals surface area (Å²) in [5.41, 5.74) is 2.25. The summed E-state index contributed by atoms with van der Waals surface area (Å²) in [6.07, 6.45) is 8.62. The number of aromatic nitrogens is 1. The summed E-state index contributed by atoms with van der Waals surface area (Å²) in [5, 5.41) is 1.17. The van der Waals surface area contributed by atoms with Crippen LogP contribution < -0.4 is 0 Å². The van der Waals surface area contributed by atoms with Crippen molar-refractivity contribution in [2.75, 3.05) is 0 Å². The van der Waals surface area contributed by atoms with Crippen LogP contribution in [0.3, 0.4) is 0 Å². The van der Waals surface area contributed by atoms with Gasteiger partial charge < -0.3 is 4.57 Å². The van der Waals surface area contributed by atoms with Gasteiger partial charge in [0.25, 0.3) is 5.91 Å². The predicted molar refractivity (Wildman–Crippen MR) is 100 cm³/mol. The van der Waals surface area contributed by atoms with Gasteiger partial charge in [-0.05, 0) is 25.0 Å². The fourth-order valence-electron chi connectivity index (χ4n) is 3.59. The second kappa shape index (κ2) is 5.80. The van der Waals surface area contributed by atoms with Gasteiger partial charge in [-0.15, -0.1) is 0 Å². The SMILES string of the molecule is Cn1cc(/C=C2\SC(=S)N(C3CCCC3)C2=O)c2ccccc21. The van der Waals surface area contributed by atoms with Crippen molar-refractivity contribution < 1.29 is 4.79 Å². The maximum Gasteiger partial charge on any atom is 0.266 e. The van der Waals surface area contributed by atoms with Crippen molar-refractivity contribution in [1.29, 1.82) is 0 Å². The van der Waals surface area contributed by atoms with Crippen molar-refractivity contribution in [2.45, 2.75) is 31.7 Å². The number of hydrogen-bond acceptors (Lipinski definition) is 3. The molecule has 118 valence electrons. The topological polar surface area (TPSA) is 25.2 Å². The van der Waals surface area contributed by atoms with Crippen LogP contribution in [0.4, 0.5) is 0 Å². The Balaban J connectivity index is 1.71. The molecule has 0 spiro atoms. The first-order chi connectivity index (χ1) is 11.1. The van der Waals surface area contributed by atoms with Gasteiger partial charge in [0.05, 0.1) is 4.91 Å². The lowest BCUT2D eigenvalue weighted by atomic mass is 10.1. The Morgan fingerprint density at radius 1 is 1.26 bits per heavy atom. The zero-order valence-electron chi connectivity index (χ0n) is 13.0. The molecular formula is C18H18N2OS2. The average molecular weight is 342 g/mol. The average Bonchev–Trinajstić information content (AvgIpc) is 3.22. The van der Waals surface area contributed by atoms with E-state index in [0.717, 1.165) is 23.3 Å². The van der Waals surface area contributed by atoms with Crippen LogP contribution in [0.2, 0.25) is 0 Å². The van der Waals surface area contributed by atoms with Crippen molar-refractivity contribution >= 4 is 51.2 Å². The lowest BCUT2D eigenvalue weighted by Gasteiger charge is -2.21. The van der Waals surface area contributed by atoms with Crippen molar-refractivity contribution in [3.05, 3.63) is 40.9 Å². The molecule has 23 heavy (non-hydrogen) atoms. The Kier molecular flexibility index (Phi) is 3.77. The molecule has 0 bridgehead atoms. The number of hydrogen-bond donors (Lipinski definition) is 0. The van der Waals surface area contributed by atoms with Crippen molar-refractivity contribution in [1.82, 2.24) is 9.47 Å². The minimum absolute atomic E-state index is 0.0832. The van der Waals surface area contributed by atoms with Crippen molar-refractivity contribution in [3.63, 3.8) is 0 Å². The van der Waals surface area contributed by atoms with E-state index in [1.165, 1.54) is 35.5 Å². The Hall–Kier alpha value is -1.59. The molecule has 0 unspecified atom stereocenters. The molecule has 1 amide bonds. The van der Waals surface area contributed by atoms with E-state index in [1.54, 1.807) is 0 Å². The Morgan fingerprint density at radius 2 is 2.00 bits per heavy atom. The largest absolute Gasteiger partial charge is 0.350 e. The lowest BCUT2D eigenvalue weighted by molar-refractivity contribution is -0.123. The minimum atomic E-state index is 0.0832. The van der Waals surface area contributed by atoms with Crippen LogP contribution in [-0.2, 0) is 11.8 Å². The third-order valence-corrected chi connectivity index (χ3v) is 6.06. The van der Waals surface area contributed by atoms with E-state index in [1.807, 2.05) is 30.2 Å². The lowest BCUT2D eigenvalue weighted by Crippen LogP contribution is -2.36. The number of aryl methyl sites for hydroxylation is 1. The Bertz CT molecular complexity index is 831. The molecular weight excluding hydrogens is 324 g/mol. The highest BCUT2D eigenvalue weighted by molar-refractivity contribution is 8.26. The van der Waals surface area contributed by atoms with Gasteiger partial charge in [-0.2, -0.15) is 0 Å². The number of rotatable bonds is 2. The second-order valence-corrected chi connectivity index (χ2v) is 7.88. The van der Waals surface area contributed by atoms with E-state index in [4.69, 9.17) is 12.2 Å². The third-order valence-electron chi connectivity index (χ3n) is 4.73. The molecule has 2 fully saturated rings. The summed E-state index contributed by atoms with van der Waals surface area (Å²) in [6.45, 7) is 0. The first-order valence-electron chi connectivity index (χ1n) is 7.96. The molecule has 1 aromatic carbocycles. The number of carbonyl (C=O) groups is 1. The highest BCUT2D eigenvalue weighted by Crippen LogP contribution is 2.38.